The van der Waals surface area contributed by atoms with Crippen LogP contribution in [0.4, 0.5) is 0 Å². The number of carboxylic acid groups (broad SMARTS) is 1. The van der Waals surface area contributed by atoms with Gasteiger partial charge in [-0.05, 0) is 49.2 Å². The quantitative estimate of drug-likeness (QED) is 0.122. The van der Waals surface area contributed by atoms with Crippen molar-refractivity contribution >= 4 is 35.1 Å². The summed E-state index contributed by atoms with van der Waals surface area (Å²) in [6.45, 7) is 2.79. The number of carbonyl (C=O) groups excluding carboxylic acids is 2. The number of phenolic OH excluding ortho intramolecular Hbond substituents is 2. The van der Waals surface area contributed by atoms with Crippen LogP contribution in [-0.4, -0.2) is 69.8 Å². The van der Waals surface area contributed by atoms with Gasteiger partial charge in [-0.25, -0.2) is 14.4 Å². The minimum atomic E-state index is -2.74. The van der Waals surface area contributed by atoms with Gasteiger partial charge in [0.2, 0.25) is 5.91 Å². The zero-order valence-corrected chi connectivity index (χ0v) is 19.0. The molecule has 2 amide bonds. The minimum absolute atomic E-state index is 0.131. The zero-order chi connectivity index (χ0) is 25.2. The van der Waals surface area contributed by atoms with Gasteiger partial charge in [0, 0.05) is 24.2 Å². The lowest BCUT2D eigenvalue weighted by Crippen LogP contribution is -2.67. The molecule has 0 aliphatic carbocycles. The average molecular weight is 490 g/mol. The van der Waals surface area contributed by atoms with Gasteiger partial charge in [0.15, 0.2) is 28.6 Å². The van der Waals surface area contributed by atoms with E-state index in [2.05, 4.69) is 10.5 Å². The van der Waals surface area contributed by atoms with Crippen LogP contribution >= 0.6 is 0 Å². The highest BCUT2D eigenvalue weighted by Crippen LogP contribution is 2.31. The first-order valence-electron chi connectivity index (χ1n) is 10.1. The Labute approximate surface area is 197 Å². The predicted molar refractivity (Wildman–Crippen MR) is 123 cm³/mol. The summed E-state index contributed by atoms with van der Waals surface area (Å²) in [5, 5.41) is 32.4. The van der Waals surface area contributed by atoms with Crippen LogP contribution in [0.3, 0.4) is 0 Å². The third-order valence-electron chi connectivity index (χ3n) is 5.61. The van der Waals surface area contributed by atoms with Gasteiger partial charge in [-0.1, -0.05) is 18.2 Å². The Morgan fingerprint density at radius 3 is 2.29 bits per heavy atom. The number of carboxylic acids is 1. The highest BCUT2D eigenvalue weighted by molar-refractivity contribution is 7.81. The maximum atomic E-state index is 12.4. The Morgan fingerprint density at radius 2 is 1.79 bits per heavy atom. The number of benzene rings is 2. The van der Waals surface area contributed by atoms with Crippen LogP contribution in [0, 0.1) is 0 Å². The van der Waals surface area contributed by atoms with Crippen molar-refractivity contribution in [1.82, 2.24) is 10.3 Å². The number of carbonyl (C=O) groups is 3. The van der Waals surface area contributed by atoms with Crippen molar-refractivity contribution in [1.29, 1.82) is 0 Å². The van der Waals surface area contributed by atoms with Crippen molar-refractivity contribution in [3.05, 3.63) is 48.0 Å². The lowest BCUT2D eigenvalue weighted by atomic mass is 9.92. The van der Waals surface area contributed by atoms with Crippen LogP contribution in [0.15, 0.2) is 47.6 Å². The van der Waals surface area contributed by atoms with Gasteiger partial charge < -0.3 is 24.8 Å². The average Bonchev–Trinajstić information content (AvgIpc) is 2.78. The lowest BCUT2D eigenvalue weighted by molar-refractivity contribution is -0.161. The fourth-order valence-corrected chi connectivity index (χ4v) is 4.19. The number of nitrogens with zero attached hydrogens (tertiary/aromatic N) is 2. The number of aromatic hydroxyl groups is 2. The molecule has 180 valence electrons. The van der Waals surface area contributed by atoms with Gasteiger partial charge in [-0.2, -0.15) is 5.10 Å². The van der Waals surface area contributed by atoms with Crippen molar-refractivity contribution in [3.8, 4) is 22.6 Å². The summed E-state index contributed by atoms with van der Waals surface area (Å²) in [5.41, 5.74) is 3.65. The molecule has 0 aromatic heterocycles. The highest BCUT2D eigenvalue weighted by Gasteiger charge is 2.53. The molecule has 1 aliphatic heterocycles. The van der Waals surface area contributed by atoms with Crippen molar-refractivity contribution in [2.45, 2.75) is 37.1 Å². The van der Waals surface area contributed by atoms with Crippen LogP contribution in [-0.2, 0) is 20.7 Å². The fraction of sp³-hybridized carbons (Fsp3) is 0.273. The summed E-state index contributed by atoms with van der Waals surface area (Å²) in [5.74, 6) is -3.14. The number of hydrazone groups is 1. The van der Waals surface area contributed by atoms with E-state index in [0.717, 1.165) is 18.0 Å². The standard InChI is InChI=1S/C22H23N3O8S/c1-12-9-18(28)25(12)19(21(30)31)22(2,34(32)33)11-23-24-20(29)14-5-3-13(4-6-14)15-7-8-16(26)17(27)10-15/h3-8,10-12,19,26-27H,9H2,1-2H3,(H,24,29)(H,30,31)(H,32,33)/b23-11+/t12-,19+,22+/m1/s1. The largest absolute Gasteiger partial charge is 0.504 e. The van der Waals surface area contributed by atoms with Crippen LogP contribution in [0.5, 0.6) is 11.5 Å². The molecule has 0 radical (unpaired) electrons. The Morgan fingerprint density at radius 1 is 1.18 bits per heavy atom. The smallest absolute Gasteiger partial charge is 0.328 e. The molecule has 1 fully saturated rings. The van der Waals surface area contributed by atoms with E-state index < -0.39 is 45.7 Å². The van der Waals surface area contributed by atoms with E-state index in [1.807, 2.05) is 0 Å². The molecule has 11 nitrogen and oxygen atoms in total. The minimum Gasteiger partial charge on any atom is -0.504 e. The molecule has 0 bridgehead atoms. The number of amides is 2. The van der Waals surface area contributed by atoms with Crippen molar-refractivity contribution in [2.75, 3.05) is 0 Å². The topological polar surface area (TPSA) is 177 Å². The molecule has 2 aromatic rings. The Kier molecular flexibility index (Phi) is 7.03. The van der Waals surface area contributed by atoms with Gasteiger partial charge >= 0.3 is 5.97 Å². The molecule has 5 N–H and O–H groups in total. The molecule has 1 heterocycles. The number of nitrogens with one attached hydrogen (secondary N) is 1. The number of rotatable bonds is 8. The second-order valence-electron chi connectivity index (χ2n) is 8.01. The molecule has 2 aromatic carbocycles. The molecule has 1 unspecified atom stereocenters. The zero-order valence-electron chi connectivity index (χ0n) is 18.2. The highest BCUT2D eigenvalue weighted by atomic mass is 32.2. The normalized spacial score (nSPS) is 19.2. The van der Waals surface area contributed by atoms with Gasteiger partial charge in [-0.3, -0.25) is 9.59 Å². The van der Waals surface area contributed by atoms with E-state index in [-0.39, 0.29) is 23.5 Å². The van der Waals surface area contributed by atoms with Crippen LogP contribution in [0.2, 0.25) is 0 Å². The number of phenols is 2. The summed E-state index contributed by atoms with van der Waals surface area (Å²) >= 11 is -2.74. The second kappa shape index (κ2) is 9.61. The van der Waals surface area contributed by atoms with Crippen LogP contribution < -0.4 is 5.43 Å². The van der Waals surface area contributed by atoms with Crippen molar-refractivity contribution in [3.63, 3.8) is 0 Å². The Hall–Kier alpha value is -3.77. The van der Waals surface area contributed by atoms with E-state index in [9.17, 15) is 38.5 Å². The third-order valence-corrected chi connectivity index (χ3v) is 6.69. The molecule has 12 heteroatoms. The van der Waals surface area contributed by atoms with Gasteiger partial charge in [0.1, 0.15) is 4.75 Å². The molecule has 0 spiro atoms. The molecule has 0 saturated carbocycles. The first kappa shape index (κ1) is 24.9. The summed E-state index contributed by atoms with van der Waals surface area (Å²) in [7, 11) is 0. The number of aliphatic carboxylic acids is 1. The van der Waals surface area contributed by atoms with E-state index in [1.165, 1.54) is 24.3 Å². The lowest BCUT2D eigenvalue weighted by Gasteiger charge is -2.46. The molecule has 1 saturated heterocycles. The molecule has 4 atom stereocenters. The maximum Gasteiger partial charge on any atom is 0.328 e. The fourth-order valence-electron chi connectivity index (χ4n) is 3.64. The predicted octanol–water partition coefficient (Wildman–Crippen LogP) is 1.53. The van der Waals surface area contributed by atoms with E-state index in [0.29, 0.717) is 11.1 Å². The monoisotopic (exact) mass is 489 g/mol. The van der Waals surface area contributed by atoms with Crippen molar-refractivity contribution in [2.24, 2.45) is 5.10 Å². The SMILES string of the molecule is C[C@@H]1CC(=O)N1[C@@H](C(=O)O)[C@](C)(/C=N/NC(=O)c1ccc(-c2ccc(O)c(O)c2)cc1)S(=O)O. The van der Waals surface area contributed by atoms with Crippen LogP contribution in [0.1, 0.15) is 30.6 Å². The molecule has 34 heavy (non-hydrogen) atoms. The van der Waals surface area contributed by atoms with Crippen LogP contribution in [0.25, 0.3) is 11.1 Å². The van der Waals surface area contributed by atoms with E-state index in [1.54, 1.807) is 25.1 Å². The Bertz CT molecular complexity index is 1180. The summed E-state index contributed by atoms with van der Waals surface area (Å²) in [6.07, 6.45) is 0.983. The number of hydrogen-bond acceptors (Lipinski definition) is 7. The van der Waals surface area contributed by atoms with Gasteiger partial charge in [-0.15, -0.1) is 0 Å². The number of likely N-dealkylation sites (tertiary alicyclic amines) is 1. The summed E-state index contributed by atoms with van der Waals surface area (Å²) in [6, 6.07) is 8.39. The first-order chi connectivity index (χ1) is 16.0. The van der Waals surface area contributed by atoms with Gasteiger partial charge in [0.05, 0.1) is 0 Å². The molecule has 3 rings (SSSR count). The second-order valence-corrected chi connectivity index (χ2v) is 9.39. The molecular weight excluding hydrogens is 466 g/mol. The third kappa shape index (κ3) is 4.77. The number of hydrogen-bond donors (Lipinski definition) is 5. The Balaban J connectivity index is 1.76. The van der Waals surface area contributed by atoms with E-state index >= 15 is 0 Å². The van der Waals surface area contributed by atoms with Crippen molar-refractivity contribution < 1.29 is 38.5 Å². The summed E-state index contributed by atoms with van der Waals surface area (Å²) < 4.78 is 19.9. The van der Waals surface area contributed by atoms with Gasteiger partial charge in [0.25, 0.3) is 5.91 Å². The summed E-state index contributed by atoms with van der Waals surface area (Å²) in [4.78, 5) is 37.3. The molecular formula is C22H23N3O8S. The first-order valence-corrected chi connectivity index (χ1v) is 11.2. The van der Waals surface area contributed by atoms with E-state index in [4.69, 9.17) is 0 Å². The maximum absolute atomic E-state index is 12.4. The number of β-lactam (4-membered cyclic amide) rings is 1. The molecule has 1 aliphatic rings.